The number of anilines is 1. The third-order valence-electron chi connectivity index (χ3n) is 3.50. The van der Waals surface area contributed by atoms with Gasteiger partial charge >= 0.3 is 0 Å². The Bertz CT molecular complexity index is 431. The van der Waals surface area contributed by atoms with Gasteiger partial charge in [-0.3, -0.25) is 0 Å². The van der Waals surface area contributed by atoms with Gasteiger partial charge in [-0.15, -0.1) is 0 Å². The van der Waals surface area contributed by atoms with E-state index in [1.165, 1.54) is 31.4 Å². The molecular weight excluding hydrogens is 230 g/mol. The Morgan fingerprint density at radius 1 is 1.24 bits per heavy atom. The van der Waals surface area contributed by atoms with Crippen LogP contribution in [0.5, 0.6) is 0 Å². The average molecular weight is 251 g/mol. The van der Waals surface area contributed by atoms with E-state index in [2.05, 4.69) is 28.7 Å². The molecule has 0 unspecified atom stereocenters. The summed E-state index contributed by atoms with van der Waals surface area (Å²) in [6.07, 6.45) is 6.18. The molecule has 0 amide bonds. The Labute approximate surface area is 108 Å². The highest BCUT2D eigenvalue weighted by Crippen LogP contribution is 2.17. The van der Waals surface area contributed by atoms with E-state index in [9.17, 15) is 0 Å². The monoisotopic (exact) mass is 251 g/mol. The van der Waals surface area contributed by atoms with Crippen LogP contribution < -0.4 is 4.90 Å². The van der Waals surface area contributed by atoms with Crippen molar-refractivity contribution in [2.75, 3.05) is 18.0 Å². The van der Waals surface area contributed by atoms with Gasteiger partial charge in [0, 0.05) is 24.3 Å². The first kappa shape index (κ1) is 12.6. The molecule has 17 heavy (non-hydrogen) atoms. The first-order valence-corrected chi connectivity index (χ1v) is 6.98. The van der Waals surface area contributed by atoms with E-state index in [1.807, 2.05) is 0 Å². The zero-order valence-corrected chi connectivity index (χ0v) is 11.6. The highest BCUT2D eigenvalue weighted by molar-refractivity contribution is 7.71. The van der Waals surface area contributed by atoms with E-state index in [0.29, 0.717) is 0 Å². The van der Waals surface area contributed by atoms with Gasteiger partial charge in [0.1, 0.15) is 4.64 Å². The summed E-state index contributed by atoms with van der Waals surface area (Å²) in [5.41, 5.74) is 2.35. The molecule has 0 saturated carbocycles. The number of aromatic amines is 1. The van der Waals surface area contributed by atoms with Gasteiger partial charge < -0.3 is 9.88 Å². The van der Waals surface area contributed by atoms with E-state index >= 15 is 0 Å². The van der Waals surface area contributed by atoms with Crippen LogP contribution in [0.25, 0.3) is 0 Å². The lowest BCUT2D eigenvalue weighted by Crippen LogP contribution is -2.26. The van der Waals surface area contributed by atoms with Crippen LogP contribution in [-0.4, -0.2) is 23.1 Å². The van der Waals surface area contributed by atoms with E-state index in [4.69, 9.17) is 12.2 Å². The number of nitrogens with one attached hydrogen (secondary N) is 1. The lowest BCUT2D eigenvalue weighted by atomic mass is 10.2. The Balaban J connectivity index is 2.31. The van der Waals surface area contributed by atoms with Gasteiger partial charge in [0.2, 0.25) is 5.95 Å². The molecule has 0 atom stereocenters. The maximum atomic E-state index is 5.34. The number of aryl methyl sites for hydroxylation is 1. The number of rotatable bonds is 2. The number of nitrogens with zero attached hydrogens (tertiary/aromatic N) is 2. The van der Waals surface area contributed by atoms with Crippen molar-refractivity contribution in [2.45, 2.75) is 46.0 Å². The first-order valence-electron chi connectivity index (χ1n) is 6.57. The van der Waals surface area contributed by atoms with Gasteiger partial charge in [-0.25, -0.2) is 4.98 Å². The predicted octanol–water partition coefficient (Wildman–Crippen LogP) is 3.39. The van der Waals surface area contributed by atoms with Crippen molar-refractivity contribution in [2.24, 2.45) is 0 Å². The van der Waals surface area contributed by atoms with Gasteiger partial charge in [-0.1, -0.05) is 32.0 Å². The Hall–Kier alpha value is -0.900. The third-order valence-corrected chi connectivity index (χ3v) is 3.90. The zero-order chi connectivity index (χ0) is 12.3. The molecule has 2 heterocycles. The van der Waals surface area contributed by atoms with Crippen LogP contribution in [0.3, 0.4) is 0 Å². The number of H-pyrrole nitrogens is 1. The van der Waals surface area contributed by atoms with Gasteiger partial charge in [0.15, 0.2) is 0 Å². The fraction of sp³-hybridized carbons (Fsp3) is 0.692. The molecule has 94 valence electrons. The Kier molecular flexibility index (Phi) is 4.15. The average Bonchev–Trinajstić information content (AvgIpc) is 2.61. The molecule has 4 heteroatoms. The molecule has 1 fully saturated rings. The van der Waals surface area contributed by atoms with Crippen molar-refractivity contribution < 1.29 is 0 Å². The minimum atomic E-state index is 0.750. The summed E-state index contributed by atoms with van der Waals surface area (Å²) >= 11 is 5.34. The van der Waals surface area contributed by atoms with Crippen molar-refractivity contribution in [3.05, 3.63) is 15.9 Å². The minimum Gasteiger partial charge on any atom is -0.342 e. The highest BCUT2D eigenvalue weighted by atomic mass is 32.1. The van der Waals surface area contributed by atoms with E-state index in [0.717, 1.165) is 35.7 Å². The Morgan fingerprint density at radius 2 is 1.88 bits per heavy atom. The smallest absolute Gasteiger partial charge is 0.204 e. The van der Waals surface area contributed by atoms with Crippen molar-refractivity contribution >= 4 is 18.2 Å². The van der Waals surface area contributed by atoms with Crippen LogP contribution in [0.1, 0.15) is 43.9 Å². The molecule has 0 bridgehead atoms. The van der Waals surface area contributed by atoms with Gasteiger partial charge in [-0.05, 0) is 26.2 Å². The van der Waals surface area contributed by atoms with Crippen LogP contribution in [-0.2, 0) is 6.42 Å². The molecular formula is C13H21N3S. The number of hydrogen-bond donors (Lipinski definition) is 1. The van der Waals surface area contributed by atoms with Crippen LogP contribution in [0.2, 0.25) is 0 Å². The first-order chi connectivity index (χ1) is 8.22. The SMILES string of the molecule is CCc1[nH]c(N2CCCCCC2)nc(=S)c1C. The Morgan fingerprint density at radius 3 is 2.47 bits per heavy atom. The van der Waals surface area contributed by atoms with Crippen LogP contribution in [0.4, 0.5) is 5.95 Å². The standard InChI is InChI=1S/C13H21N3S/c1-3-11-10(2)12(17)15-13(14-11)16-8-6-4-5-7-9-16/h3-9H2,1-2H3,(H,14,15,17). The normalized spacial score (nSPS) is 16.9. The summed E-state index contributed by atoms with van der Waals surface area (Å²) in [5.74, 6) is 0.972. The van der Waals surface area contributed by atoms with Gasteiger partial charge in [-0.2, -0.15) is 0 Å². The van der Waals surface area contributed by atoms with E-state index in [-0.39, 0.29) is 0 Å². The van der Waals surface area contributed by atoms with Crippen molar-refractivity contribution in [3.63, 3.8) is 0 Å². The van der Waals surface area contributed by atoms with E-state index in [1.54, 1.807) is 0 Å². The highest BCUT2D eigenvalue weighted by Gasteiger charge is 2.13. The molecule has 1 aliphatic heterocycles. The summed E-state index contributed by atoms with van der Waals surface area (Å²) in [7, 11) is 0. The molecule has 3 nitrogen and oxygen atoms in total. The minimum absolute atomic E-state index is 0.750. The second-order valence-electron chi connectivity index (χ2n) is 4.72. The molecule has 1 aromatic rings. The number of aromatic nitrogens is 2. The summed E-state index contributed by atoms with van der Waals surface area (Å²) in [5, 5.41) is 0. The lowest BCUT2D eigenvalue weighted by Gasteiger charge is -2.22. The second-order valence-corrected chi connectivity index (χ2v) is 5.11. The summed E-state index contributed by atoms with van der Waals surface area (Å²) < 4.78 is 0.750. The van der Waals surface area contributed by atoms with E-state index < -0.39 is 0 Å². The summed E-state index contributed by atoms with van der Waals surface area (Å²) in [6, 6.07) is 0. The van der Waals surface area contributed by atoms with Crippen molar-refractivity contribution in [1.29, 1.82) is 0 Å². The van der Waals surface area contributed by atoms with Crippen LogP contribution in [0.15, 0.2) is 0 Å². The maximum absolute atomic E-state index is 5.34. The third kappa shape index (κ3) is 2.86. The van der Waals surface area contributed by atoms with Crippen molar-refractivity contribution in [3.8, 4) is 0 Å². The quantitative estimate of drug-likeness (QED) is 0.818. The van der Waals surface area contributed by atoms with Crippen molar-refractivity contribution in [1.82, 2.24) is 9.97 Å². The molecule has 2 rings (SSSR count). The molecule has 0 aromatic carbocycles. The second kappa shape index (κ2) is 5.63. The van der Waals surface area contributed by atoms with Gasteiger partial charge in [0.05, 0.1) is 0 Å². The summed E-state index contributed by atoms with van der Waals surface area (Å²) in [6.45, 7) is 6.41. The predicted molar refractivity (Wildman–Crippen MR) is 74.2 cm³/mol. The lowest BCUT2D eigenvalue weighted by molar-refractivity contribution is 0.726. The molecule has 0 radical (unpaired) electrons. The number of hydrogen-bond acceptors (Lipinski definition) is 3. The maximum Gasteiger partial charge on any atom is 0.204 e. The molecule has 0 aliphatic carbocycles. The van der Waals surface area contributed by atoms with Crippen LogP contribution in [0, 0.1) is 11.6 Å². The molecule has 1 N–H and O–H groups in total. The molecule has 0 spiro atoms. The molecule has 1 saturated heterocycles. The molecule has 1 aromatic heterocycles. The fourth-order valence-electron chi connectivity index (χ4n) is 2.35. The van der Waals surface area contributed by atoms with Crippen LogP contribution >= 0.6 is 12.2 Å². The fourth-order valence-corrected chi connectivity index (χ4v) is 2.56. The summed E-state index contributed by atoms with van der Waals surface area (Å²) in [4.78, 5) is 10.3. The van der Waals surface area contributed by atoms with Gasteiger partial charge in [0.25, 0.3) is 0 Å². The zero-order valence-electron chi connectivity index (χ0n) is 10.8. The largest absolute Gasteiger partial charge is 0.342 e. The topological polar surface area (TPSA) is 31.9 Å². The molecule has 1 aliphatic rings.